The first-order chi connectivity index (χ1) is 16.3. The minimum Gasteiger partial charge on any atom is -0.425 e. The Labute approximate surface area is 208 Å². The molecule has 3 N–H and O–H groups in total. The molecule has 2 unspecified atom stereocenters. The number of amides is 2. The van der Waals surface area contributed by atoms with Crippen molar-refractivity contribution in [1.29, 1.82) is 0 Å². The summed E-state index contributed by atoms with van der Waals surface area (Å²) in [5, 5.41) is 15.8. The minimum atomic E-state index is -0.828. The number of rotatable bonds is 14. The monoisotopic (exact) mass is 506 g/mol. The van der Waals surface area contributed by atoms with Crippen molar-refractivity contribution in [2.45, 2.75) is 49.6 Å². The van der Waals surface area contributed by atoms with Crippen molar-refractivity contribution < 1.29 is 29.1 Å². The fourth-order valence-corrected chi connectivity index (χ4v) is 4.44. The van der Waals surface area contributed by atoms with E-state index < -0.39 is 24.0 Å². The van der Waals surface area contributed by atoms with Crippen LogP contribution in [0, 0.1) is 5.92 Å². The van der Waals surface area contributed by atoms with Crippen molar-refractivity contribution in [3.05, 3.63) is 54.2 Å². The van der Waals surface area contributed by atoms with E-state index >= 15 is 0 Å². The van der Waals surface area contributed by atoms with E-state index in [9.17, 15) is 19.6 Å². The first-order valence-electron chi connectivity index (χ1n) is 11.0. The molecule has 10 heteroatoms. The lowest BCUT2D eigenvalue weighted by atomic mass is 10.0. The SMILES string of the molecule is CSCCC(NC=O)C(=O)NC(CC(C)C)C(=O)Oc1ccc(CSc2cccc[n+]2O)cc1. The second kappa shape index (κ2) is 14.5. The lowest BCUT2D eigenvalue weighted by Gasteiger charge is -2.22. The van der Waals surface area contributed by atoms with Gasteiger partial charge in [0.05, 0.1) is 0 Å². The Balaban J connectivity index is 1.99. The molecular formula is C24H32N3O5S2+. The highest BCUT2D eigenvalue weighted by Gasteiger charge is 2.27. The molecule has 184 valence electrons. The van der Waals surface area contributed by atoms with Crippen LogP contribution in [-0.4, -0.2) is 47.6 Å². The van der Waals surface area contributed by atoms with Crippen molar-refractivity contribution in [2.75, 3.05) is 12.0 Å². The van der Waals surface area contributed by atoms with E-state index in [4.69, 9.17) is 4.74 Å². The van der Waals surface area contributed by atoms with Gasteiger partial charge >= 0.3 is 5.97 Å². The predicted octanol–water partition coefficient (Wildman–Crippen LogP) is 2.81. The zero-order valence-corrected chi connectivity index (χ0v) is 21.2. The van der Waals surface area contributed by atoms with Crippen molar-refractivity contribution in [2.24, 2.45) is 5.92 Å². The molecule has 1 heterocycles. The summed E-state index contributed by atoms with van der Waals surface area (Å²) >= 11 is 3.05. The number of carbonyl (C=O) groups excluding carboxylic acids is 3. The summed E-state index contributed by atoms with van der Waals surface area (Å²) in [5.41, 5.74) is 0.997. The average molecular weight is 507 g/mol. The topological polar surface area (TPSA) is 109 Å². The number of pyridine rings is 1. The third-order valence-corrected chi connectivity index (χ3v) is 6.58. The number of aromatic nitrogens is 1. The first-order valence-corrected chi connectivity index (χ1v) is 13.3. The number of nitrogens with one attached hydrogen (secondary N) is 2. The average Bonchev–Trinajstić information content (AvgIpc) is 2.81. The maximum absolute atomic E-state index is 12.8. The van der Waals surface area contributed by atoms with Crippen LogP contribution in [0.4, 0.5) is 0 Å². The quantitative estimate of drug-likeness (QED) is 0.0903. The number of hydrogen-bond donors (Lipinski definition) is 3. The van der Waals surface area contributed by atoms with Gasteiger partial charge in [-0.05, 0) is 66.3 Å². The van der Waals surface area contributed by atoms with Gasteiger partial charge in [-0.1, -0.05) is 26.0 Å². The van der Waals surface area contributed by atoms with Gasteiger partial charge in [0.25, 0.3) is 5.03 Å². The molecule has 0 spiro atoms. The Hall–Kier alpha value is -2.72. The van der Waals surface area contributed by atoms with Crippen LogP contribution in [0.25, 0.3) is 0 Å². The van der Waals surface area contributed by atoms with Crippen LogP contribution in [0.3, 0.4) is 0 Å². The van der Waals surface area contributed by atoms with Crippen molar-refractivity contribution in [3.63, 3.8) is 0 Å². The molecule has 0 fully saturated rings. The van der Waals surface area contributed by atoms with Crippen molar-refractivity contribution in [3.8, 4) is 5.75 Å². The largest absolute Gasteiger partial charge is 0.425 e. The summed E-state index contributed by atoms with van der Waals surface area (Å²) < 4.78 is 6.61. The number of ether oxygens (including phenoxy) is 1. The molecule has 2 rings (SSSR count). The van der Waals surface area contributed by atoms with Gasteiger partial charge in [-0.3, -0.25) is 14.8 Å². The highest BCUT2D eigenvalue weighted by Crippen LogP contribution is 2.21. The number of benzene rings is 1. The molecule has 2 aromatic rings. The fourth-order valence-electron chi connectivity index (χ4n) is 3.10. The summed E-state index contributed by atoms with van der Waals surface area (Å²) in [6.45, 7) is 3.91. The lowest BCUT2D eigenvalue weighted by molar-refractivity contribution is -0.932. The third-order valence-electron chi connectivity index (χ3n) is 4.84. The van der Waals surface area contributed by atoms with Crippen molar-refractivity contribution >= 4 is 41.8 Å². The normalized spacial score (nSPS) is 12.6. The van der Waals surface area contributed by atoms with E-state index in [1.807, 2.05) is 44.4 Å². The second-order valence-corrected chi connectivity index (χ2v) is 10.0. The van der Waals surface area contributed by atoms with Crippen LogP contribution in [0.1, 0.15) is 32.3 Å². The molecule has 2 atom stereocenters. The maximum atomic E-state index is 12.8. The summed E-state index contributed by atoms with van der Waals surface area (Å²) in [5.74, 6) is 0.900. The summed E-state index contributed by atoms with van der Waals surface area (Å²) in [4.78, 5) is 36.4. The molecule has 2 amide bonds. The van der Waals surface area contributed by atoms with Gasteiger partial charge in [-0.25, -0.2) is 4.79 Å². The van der Waals surface area contributed by atoms with Crippen LogP contribution in [0.15, 0.2) is 53.7 Å². The summed E-state index contributed by atoms with van der Waals surface area (Å²) in [6, 6.07) is 11.0. The molecule has 1 aromatic carbocycles. The molecule has 0 radical (unpaired) electrons. The van der Waals surface area contributed by atoms with Crippen LogP contribution < -0.4 is 20.1 Å². The molecule has 0 aliphatic carbocycles. The van der Waals surface area contributed by atoms with E-state index in [0.29, 0.717) is 41.5 Å². The smallest absolute Gasteiger partial charge is 0.334 e. The van der Waals surface area contributed by atoms with Gasteiger partial charge in [0.1, 0.15) is 17.8 Å². The van der Waals surface area contributed by atoms with Crippen LogP contribution in [0.5, 0.6) is 5.75 Å². The van der Waals surface area contributed by atoms with Crippen molar-refractivity contribution in [1.82, 2.24) is 10.6 Å². The lowest BCUT2D eigenvalue weighted by Crippen LogP contribution is -2.51. The van der Waals surface area contributed by atoms with Crippen LogP contribution in [0.2, 0.25) is 0 Å². The molecule has 34 heavy (non-hydrogen) atoms. The van der Waals surface area contributed by atoms with Gasteiger partial charge in [0.15, 0.2) is 0 Å². The first kappa shape index (κ1) is 27.5. The van der Waals surface area contributed by atoms with Crippen LogP contribution >= 0.6 is 23.5 Å². The molecular weight excluding hydrogens is 474 g/mol. The van der Waals surface area contributed by atoms with Gasteiger partial charge in [0.2, 0.25) is 18.5 Å². The van der Waals surface area contributed by atoms with Crippen LogP contribution in [-0.2, 0) is 20.1 Å². The van der Waals surface area contributed by atoms with Gasteiger partial charge in [-0.15, -0.1) is 0 Å². The third kappa shape index (κ3) is 9.26. The Morgan fingerprint density at radius 3 is 2.50 bits per heavy atom. The summed E-state index contributed by atoms with van der Waals surface area (Å²) in [7, 11) is 0. The van der Waals surface area contributed by atoms with Gasteiger partial charge in [-0.2, -0.15) is 11.8 Å². The number of thioether (sulfide) groups is 2. The van der Waals surface area contributed by atoms with Gasteiger partial charge in [0, 0.05) is 22.6 Å². The number of hydrogen-bond acceptors (Lipinski definition) is 7. The number of carbonyl (C=O) groups is 3. The van der Waals surface area contributed by atoms with E-state index in [-0.39, 0.29) is 5.92 Å². The molecule has 0 aliphatic rings. The maximum Gasteiger partial charge on any atom is 0.334 e. The Morgan fingerprint density at radius 2 is 1.88 bits per heavy atom. The minimum absolute atomic E-state index is 0.146. The fraction of sp³-hybridized carbons (Fsp3) is 0.417. The van der Waals surface area contributed by atoms with E-state index in [1.165, 1.54) is 11.8 Å². The molecule has 8 nitrogen and oxygen atoms in total. The Morgan fingerprint density at radius 1 is 1.15 bits per heavy atom. The van der Waals surface area contributed by atoms with E-state index in [2.05, 4.69) is 10.6 Å². The number of nitrogens with zero attached hydrogens (tertiary/aromatic N) is 1. The highest BCUT2D eigenvalue weighted by atomic mass is 32.2. The Bertz CT molecular complexity index is 940. The zero-order chi connectivity index (χ0) is 24.9. The molecule has 0 aliphatic heterocycles. The zero-order valence-electron chi connectivity index (χ0n) is 19.6. The van der Waals surface area contributed by atoms with Gasteiger partial charge < -0.3 is 15.4 Å². The highest BCUT2D eigenvalue weighted by molar-refractivity contribution is 7.98. The standard InChI is InChI=1S/C24H31N3O5S2/c1-17(2)14-21(26-23(29)20(25-16-28)11-13-33-3)24(30)32-19-9-7-18(8-10-19)15-34-22-6-4-5-12-27(22)31/h4-10,12,16-17,20-21H,11,13-15H2,1-3H3,(H2-,25,26,28,29,31)/p+1. The number of esters is 1. The summed E-state index contributed by atoms with van der Waals surface area (Å²) in [6.07, 6.45) is 4.86. The molecule has 0 saturated carbocycles. The predicted molar refractivity (Wildman–Crippen MR) is 133 cm³/mol. The van der Waals surface area contributed by atoms with E-state index in [0.717, 1.165) is 10.3 Å². The molecule has 0 bridgehead atoms. The molecule has 0 saturated heterocycles. The molecule has 1 aromatic heterocycles. The Kier molecular flexibility index (Phi) is 11.8. The van der Waals surface area contributed by atoms with E-state index in [1.54, 1.807) is 36.2 Å². The second-order valence-electron chi connectivity index (χ2n) is 8.05.